The van der Waals surface area contributed by atoms with Gasteiger partial charge in [0.15, 0.2) is 0 Å². The monoisotopic (exact) mass is 328 g/mol. The summed E-state index contributed by atoms with van der Waals surface area (Å²) in [5, 5.41) is 2.75. The van der Waals surface area contributed by atoms with Crippen molar-refractivity contribution in [3.8, 4) is 5.75 Å². The number of carbonyl (C=O) groups is 2. The number of hydrogen-bond donors (Lipinski definition) is 1. The molecule has 1 aromatic heterocycles. The van der Waals surface area contributed by atoms with Crippen LogP contribution in [0, 0.1) is 6.92 Å². The molecule has 1 aromatic carbocycles. The number of rotatable bonds is 4. The van der Waals surface area contributed by atoms with E-state index in [2.05, 4.69) is 5.32 Å². The maximum Gasteiger partial charge on any atom is 0.254 e. The third-order valence-electron chi connectivity index (χ3n) is 4.03. The van der Waals surface area contributed by atoms with Crippen molar-refractivity contribution in [3.05, 3.63) is 53.5 Å². The van der Waals surface area contributed by atoms with Gasteiger partial charge in [-0.2, -0.15) is 0 Å². The molecule has 0 bridgehead atoms. The molecule has 0 saturated carbocycles. The summed E-state index contributed by atoms with van der Waals surface area (Å²) < 4.78 is 10.8. The minimum atomic E-state index is -0.224. The van der Waals surface area contributed by atoms with Gasteiger partial charge in [0.05, 0.1) is 18.4 Å². The lowest BCUT2D eigenvalue weighted by atomic mass is 10.2. The molecule has 1 aliphatic rings. The first-order valence-corrected chi connectivity index (χ1v) is 7.96. The number of amides is 2. The molecule has 2 heterocycles. The van der Waals surface area contributed by atoms with E-state index in [1.54, 1.807) is 17.9 Å². The van der Waals surface area contributed by atoms with Crippen LogP contribution in [0.25, 0.3) is 0 Å². The molecule has 126 valence electrons. The predicted octanol–water partition coefficient (Wildman–Crippen LogP) is 2.13. The summed E-state index contributed by atoms with van der Waals surface area (Å²) in [6.07, 6.45) is 1.73. The van der Waals surface area contributed by atoms with E-state index in [9.17, 15) is 9.59 Å². The first-order valence-electron chi connectivity index (χ1n) is 7.96. The molecule has 1 aliphatic heterocycles. The summed E-state index contributed by atoms with van der Waals surface area (Å²) in [5.41, 5.74) is 1.50. The summed E-state index contributed by atoms with van der Waals surface area (Å²) in [5.74, 6) is 1.18. The molecule has 3 rings (SSSR count). The average molecular weight is 328 g/mol. The van der Waals surface area contributed by atoms with E-state index in [1.807, 2.05) is 24.3 Å². The molecule has 0 spiro atoms. The lowest BCUT2D eigenvalue weighted by Gasteiger charge is -2.20. The highest BCUT2D eigenvalue weighted by atomic mass is 16.5. The zero-order valence-corrected chi connectivity index (χ0v) is 13.6. The van der Waals surface area contributed by atoms with Gasteiger partial charge in [-0.05, 0) is 19.1 Å². The standard InChI is InChI=1S/C18H20N2O4/c1-13-15(7-10-23-13)18(22)19-8-6-17(21)20-9-11-24-16-5-3-2-4-14(16)12-20/h2-5,7,10H,6,8-9,11-12H2,1H3,(H,19,22). The Hall–Kier alpha value is -2.76. The van der Waals surface area contributed by atoms with Gasteiger partial charge in [0.2, 0.25) is 5.91 Å². The summed E-state index contributed by atoms with van der Waals surface area (Å²) >= 11 is 0. The molecule has 2 aromatic rings. The second-order valence-corrected chi connectivity index (χ2v) is 5.67. The van der Waals surface area contributed by atoms with Crippen molar-refractivity contribution in [2.45, 2.75) is 19.9 Å². The van der Waals surface area contributed by atoms with E-state index in [0.717, 1.165) is 11.3 Å². The average Bonchev–Trinajstić information content (AvgIpc) is 2.89. The van der Waals surface area contributed by atoms with Gasteiger partial charge in [0.1, 0.15) is 18.1 Å². The van der Waals surface area contributed by atoms with Gasteiger partial charge in [0.25, 0.3) is 5.91 Å². The summed E-state index contributed by atoms with van der Waals surface area (Å²) in [7, 11) is 0. The number of para-hydroxylation sites is 1. The Kier molecular flexibility index (Phi) is 4.84. The zero-order valence-electron chi connectivity index (χ0n) is 13.6. The lowest BCUT2D eigenvalue weighted by Crippen LogP contribution is -2.35. The lowest BCUT2D eigenvalue weighted by molar-refractivity contribution is -0.131. The number of furan rings is 1. The largest absolute Gasteiger partial charge is 0.491 e. The van der Waals surface area contributed by atoms with Gasteiger partial charge in [-0.25, -0.2) is 0 Å². The van der Waals surface area contributed by atoms with Crippen LogP contribution in [0.5, 0.6) is 5.75 Å². The first-order chi connectivity index (χ1) is 11.6. The Bertz CT molecular complexity index is 738. The number of fused-ring (bicyclic) bond motifs is 1. The Morgan fingerprint density at radius 3 is 2.88 bits per heavy atom. The van der Waals surface area contributed by atoms with Crippen LogP contribution in [0.2, 0.25) is 0 Å². The fourth-order valence-electron chi connectivity index (χ4n) is 2.70. The van der Waals surface area contributed by atoms with Gasteiger partial charge in [-0.3, -0.25) is 9.59 Å². The second-order valence-electron chi connectivity index (χ2n) is 5.67. The molecule has 0 saturated heterocycles. The zero-order chi connectivity index (χ0) is 16.9. The maximum absolute atomic E-state index is 12.4. The van der Waals surface area contributed by atoms with Crippen LogP contribution >= 0.6 is 0 Å². The fourth-order valence-corrected chi connectivity index (χ4v) is 2.70. The number of hydrogen-bond acceptors (Lipinski definition) is 4. The Labute approximate surface area is 140 Å². The van der Waals surface area contributed by atoms with Crippen molar-refractivity contribution < 1.29 is 18.7 Å². The SMILES string of the molecule is Cc1occc1C(=O)NCCC(=O)N1CCOc2ccccc2C1. The summed E-state index contributed by atoms with van der Waals surface area (Å²) in [6.45, 7) is 3.57. The summed E-state index contributed by atoms with van der Waals surface area (Å²) in [4.78, 5) is 26.1. The predicted molar refractivity (Wildman–Crippen MR) is 87.7 cm³/mol. The highest BCUT2D eigenvalue weighted by Gasteiger charge is 2.19. The maximum atomic E-state index is 12.4. The van der Waals surface area contributed by atoms with Crippen LogP contribution in [0.4, 0.5) is 0 Å². The number of carbonyl (C=O) groups excluding carboxylic acids is 2. The van der Waals surface area contributed by atoms with Crippen LogP contribution in [-0.2, 0) is 11.3 Å². The molecule has 1 N–H and O–H groups in total. The molecular weight excluding hydrogens is 308 g/mol. The Balaban J connectivity index is 1.52. The van der Waals surface area contributed by atoms with E-state index in [1.165, 1.54) is 6.26 Å². The van der Waals surface area contributed by atoms with Crippen LogP contribution in [0.15, 0.2) is 41.0 Å². The van der Waals surface area contributed by atoms with Crippen molar-refractivity contribution in [2.75, 3.05) is 19.7 Å². The topological polar surface area (TPSA) is 71.8 Å². The molecule has 6 heteroatoms. The number of nitrogens with zero attached hydrogens (tertiary/aromatic N) is 1. The van der Waals surface area contributed by atoms with Crippen LogP contribution in [0.3, 0.4) is 0 Å². The van der Waals surface area contributed by atoms with Crippen LogP contribution < -0.4 is 10.1 Å². The minimum absolute atomic E-state index is 0.000446. The van der Waals surface area contributed by atoms with Gasteiger partial charge >= 0.3 is 0 Å². The van der Waals surface area contributed by atoms with Crippen molar-refractivity contribution in [2.24, 2.45) is 0 Å². The van der Waals surface area contributed by atoms with Gasteiger partial charge in [-0.1, -0.05) is 18.2 Å². The van der Waals surface area contributed by atoms with E-state index in [4.69, 9.17) is 9.15 Å². The number of nitrogens with one attached hydrogen (secondary N) is 1. The molecule has 0 fully saturated rings. The number of ether oxygens (including phenoxy) is 1. The van der Waals surface area contributed by atoms with Crippen molar-refractivity contribution in [1.82, 2.24) is 10.2 Å². The van der Waals surface area contributed by atoms with Gasteiger partial charge < -0.3 is 19.4 Å². The molecule has 0 aliphatic carbocycles. The third kappa shape index (κ3) is 3.59. The second kappa shape index (κ2) is 7.21. The highest BCUT2D eigenvalue weighted by Crippen LogP contribution is 2.22. The van der Waals surface area contributed by atoms with E-state index < -0.39 is 0 Å². The molecule has 0 unspecified atom stereocenters. The van der Waals surface area contributed by atoms with Crippen molar-refractivity contribution >= 4 is 11.8 Å². The van der Waals surface area contributed by atoms with Gasteiger partial charge in [-0.15, -0.1) is 0 Å². The third-order valence-corrected chi connectivity index (χ3v) is 4.03. The highest BCUT2D eigenvalue weighted by molar-refractivity contribution is 5.95. The smallest absolute Gasteiger partial charge is 0.254 e. The first kappa shape index (κ1) is 16.1. The van der Waals surface area contributed by atoms with Gasteiger partial charge in [0, 0.05) is 25.1 Å². The molecule has 6 nitrogen and oxygen atoms in total. The Morgan fingerprint density at radius 1 is 1.25 bits per heavy atom. The quantitative estimate of drug-likeness (QED) is 0.933. The van der Waals surface area contributed by atoms with E-state index >= 15 is 0 Å². The molecule has 0 atom stereocenters. The van der Waals surface area contributed by atoms with Crippen molar-refractivity contribution in [3.63, 3.8) is 0 Å². The van der Waals surface area contributed by atoms with Crippen molar-refractivity contribution in [1.29, 1.82) is 0 Å². The van der Waals surface area contributed by atoms with Crippen LogP contribution in [0.1, 0.15) is 28.1 Å². The molecule has 24 heavy (non-hydrogen) atoms. The van der Waals surface area contributed by atoms with Crippen LogP contribution in [-0.4, -0.2) is 36.4 Å². The minimum Gasteiger partial charge on any atom is -0.491 e. The Morgan fingerprint density at radius 2 is 2.08 bits per heavy atom. The fraction of sp³-hybridized carbons (Fsp3) is 0.333. The number of benzene rings is 1. The van der Waals surface area contributed by atoms with E-state index in [-0.39, 0.29) is 18.2 Å². The summed E-state index contributed by atoms with van der Waals surface area (Å²) in [6, 6.07) is 9.35. The van der Waals surface area contributed by atoms with E-state index in [0.29, 0.717) is 37.6 Å². The molecule has 2 amide bonds. The molecular formula is C18H20N2O4. The molecule has 0 radical (unpaired) electrons. The number of aryl methyl sites for hydroxylation is 1. The normalized spacial score (nSPS) is 13.6.